The summed E-state index contributed by atoms with van der Waals surface area (Å²) in [6.45, 7) is 0.151. The van der Waals surface area contributed by atoms with E-state index in [0.717, 1.165) is 10.9 Å². The zero-order valence-corrected chi connectivity index (χ0v) is 10.2. The molecule has 0 spiro atoms. The molecule has 0 aliphatic carbocycles. The summed E-state index contributed by atoms with van der Waals surface area (Å²) in [6, 6.07) is 9.02. The first-order valence-corrected chi connectivity index (χ1v) is 5.94. The molecule has 19 heavy (non-hydrogen) atoms. The highest BCUT2D eigenvalue weighted by Crippen LogP contribution is 2.26. The van der Waals surface area contributed by atoms with E-state index in [1.165, 1.54) is 0 Å². The van der Waals surface area contributed by atoms with Crippen LogP contribution in [0.3, 0.4) is 0 Å². The molecule has 0 saturated carbocycles. The SMILES string of the molecule is [N-]=[N+]=NCCC(O)C(O)c1cccc2ncccc12. The van der Waals surface area contributed by atoms with Crippen molar-refractivity contribution >= 4 is 10.9 Å². The Morgan fingerprint density at radius 1 is 1.26 bits per heavy atom. The lowest BCUT2D eigenvalue weighted by Gasteiger charge is -2.18. The third-order valence-electron chi connectivity index (χ3n) is 2.95. The standard InChI is InChI=1S/C13H14N4O2/c14-17-16-8-6-12(18)13(19)10-3-1-5-11-9(10)4-2-7-15-11/h1-5,7,12-13,18-19H,6,8H2. The number of fused-ring (bicyclic) bond motifs is 1. The Bertz CT molecular complexity index is 605. The average Bonchev–Trinajstić information content (AvgIpc) is 2.46. The Kier molecular flexibility index (Phi) is 4.30. The highest BCUT2D eigenvalue weighted by atomic mass is 16.3. The molecule has 98 valence electrons. The summed E-state index contributed by atoms with van der Waals surface area (Å²) >= 11 is 0. The van der Waals surface area contributed by atoms with Crippen molar-refractivity contribution in [2.75, 3.05) is 6.54 Å². The van der Waals surface area contributed by atoms with Crippen LogP contribution < -0.4 is 0 Å². The molecule has 1 heterocycles. The van der Waals surface area contributed by atoms with Crippen molar-refractivity contribution in [3.63, 3.8) is 0 Å². The van der Waals surface area contributed by atoms with Crippen molar-refractivity contribution in [1.29, 1.82) is 0 Å². The lowest BCUT2D eigenvalue weighted by molar-refractivity contribution is 0.0159. The van der Waals surface area contributed by atoms with E-state index in [0.29, 0.717) is 5.56 Å². The van der Waals surface area contributed by atoms with Crippen LogP contribution >= 0.6 is 0 Å². The zero-order valence-electron chi connectivity index (χ0n) is 10.2. The first kappa shape index (κ1) is 13.3. The summed E-state index contributed by atoms with van der Waals surface area (Å²) in [6.07, 6.45) is -0.114. The number of nitrogens with zero attached hydrogens (tertiary/aromatic N) is 4. The second-order valence-electron chi connectivity index (χ2n) is 4.17. The zero-order chi connectivity index (χ0) is 13.7. The molecule has 0 radical (unpaired) electrons. The number of benzene rings is 1. The highest BCUT2D eigenvalue weighted by Gasteiger charge is 2.19. The van der Waals surface area contributed by atoms with Crippen molar-refractivity contribution in [2.45, 2.75) is 18.6 Å². The van der Waals surface area contributed by atoms with Gasteiger partial charge in [-0.1, -0.05) is 23.3 Å². The molecule has 0 fully saturated rings. The third kappa shape index (κ3) is 3.00. The average molecular weight is 258 g/mol. The molecule has 2 aromatic rings. The number of pyridine rings is 1. The molecule has 0 bridgehead atoms. The van der Waals surface area contributed by atoms with Gasteiger partial charge in [-0.2, -0.15) is 0 Å². The molecule has 6 heteroatoms. The van der Waals surface area contributed by atoms with Crippen molar-refractivity contribution in [3.05, 3.63) is 52.5 Å². The van der Waals surface area contributed by atoms with Gasteiger partial charge >= 0.3 is 0 Å². The molecule has 0 aliphatic rings. The monoisotopic (exact) mass is 258 g/mol. The predicted octanol–water partition coefficient (Wildman–Crippen LogP) is 2.33. The molecule has 0 aliphatic heterocycles. The number of rotatable bonds is 5. The van der Waals surface area contributed by atoms with E-state index in [2.05, 4.69) is 15.0 Å². The third-order valence-corrected chi connectivity index (χ3v) is 2.95. The summed E-state index contributed by atoms with van der Waals surface area (Å²) in [5, 5.41) is 24.2. The Morgan fingerprint density at radius 2 is 2.11 bits per heavy atom. The van der Waals surface area contributed by atoms with Crippen LogP contribution in [-0.2, 0) is 0 Å². The van der Waals surface area contributed by atoms with Gasteiger partial charge in [-0.25, -0.2) is 0 Å². The molecule has 6 nitrogen and oxygen atoms in total. The van der Waals surface area contributed by atoms with Crippen molar-refractivity contribution in [3.8, 4) is 0 Å². The summed E-state index contributed by atoms with van der Waals surface area (Å²) < 4.78 is 0. The van der Waals surface area contributed by atoms with E-state index in [1.54, 1.807) is 24.4 Å². The fourth-order valence-electron chi connectivity index (χ4n) is 1.98. The van der Waals surface area contributed by atoms with Gasteiger partial charge in [-0.3, -0.25) is 4.98 Å². The van der Waals surface area contributed by atoms with Gasteiger partial charge in [-0.05, 0) is 29.6 Å². The molecule has 2 unspecified atom stereocenters. The molecule has 2 N–H and O–H groups in total. The van der Waals surface area contributed by atoms with Gasteiger partial charge in [0.2, 0.25) is 0 Å². The van der Waals surface area contributed by atoms with Crippen molar-refractivity contribution in [2.24, 2.45) is 5.11 Å². The van der Waals surface area contributed by atoms with Gasteiger partial charge in [0.05, 0.1) is 11.6 Å². The van der Waals surface area contributed by atoms with E-state index in [-0.39, 0.29) is 13.0 Å². The first-order valence-electron chi connectivity index (χ1n) is 5.94. The highest BCUT2D eigenvalue weighted by molar-refractivity contribution is 5.82. The van der Waals surface area contributed by atoms with Crippen LogP contribution in [0.2, 0.25) is 0 Å². The molecule has 0 amide bonds. The minimum atomic E-state index is -1.03. The number of hydrogen-bond donors (Lipinski definition) is 2. The summed E-state index contributed by atoms with van der Waals surface area (Å²) in [7, 11) is 0. The Labute approximate surface area is 110 Å². The maximum Gasteiger partial charge on any atom is 0.105 e. The molecule has 2 rings (SSSR count). The van der Waals surface area contributed by atoms with Gasteiger partial charge in [0, 0.05) is 23.0 Å². The summed E-state index contributed by atoms with van der Waals surface area (Å²) in [5.41, 5.74) is 9.57. The van der Waals surface area contributed by atoms with Crippen LogP contribution in [0.5, 0.6) is 0 Å². The van der Waals surface area contributed by atoms with Crippen LogP contribution in [0.25, 0.3) is 21.3 Å². The van der Waals surface area contributed by atoms with E-state index in [4.69, 9.17) is 5.53 Å². The molecule has 2 atom stereocenters. The molecular formula is C13H14N4O2. The Hall–Kier alpha value is -2.14. The smallest absolute Gasteiger partial charge is 0.105 e. The number of aromatic nitrogens is 1. The second kappa shape index (κ2) is 6.15. The maximum absolute atomic E-state index is 10.2. The number of aliphatic hydroxyl groups is 2. The van der Waals surface area contributed by atoms with Gasteiger partial charge < -0.3 is 10.2 Å². The van der Waals surface area contributed by atoms with Crippen LogP contribution in [0.15, 0.2) is 41.6 Å². The minimum absolute atomic E-state index is 0.151. The van der Waals surface area contributed by atoms with E-state index in [9.17, 15) is 10.2 Å². The lowest BCUT2D eigenvalue weighted by atomic mass is 9.98. The fourth-order valence-corrected chi connectivity index (χ4v) is 1.98. The fraction of sp³-hybridized carbons (Fsp3) is 0.308. The van der Waals surface area contributed by atoms with Crippen molar-refractivity contribution < 1.29 is 10.2 Å². The van der Waals surface area contributed by atoms with Crippen LogP contribution in [0, 0.1) is 0 Å². The number of hydrogen-bond acceptors (Lipinski definition) is 4. The molecule has 1 aromatic heterocycles. The van der Waals surface area contributed by atoms with E-state index >= 15 is 0 Å². The molecule has 0 saturated heterocycles. The second-order valence-corrected chi connectivity index (χ2v) is 4.17. The van der Waals surface area contributed by atoms with E-state index in [1.807, 2.05) is 12.1 Å². The van der Waals surface area contributed by atoms with Gasteiger partial charge in [-0.15, -0.1) is 0 Å². The summed E-state index contributed by atoms with van der Waals surface area (Å²) in [4.78, 5) is 6.81. The maximum atomic E-state index is 10.2. The van der Waals surface area contributed by atoms with Gasteiger partial charge in [0.25, 0.3) is 0 Å². The Balaban J connectivity index is 2.25. The first-order chi connectivity index (χ1) is 9.24. The largest absolute Gasteiger partial charge is 0.390 e. The molecular weight excluding hydrogens is 244 g/mol. The normalized spacial score (nSPS) is 13.8. The lowest BCUT2D eigenvalue weighted by Crippen LogP contribution is -2.19. The number of aliphatic hydroxyl groups excluding tert-OH is 2. The van der Waals surface area contributed by atoms with Crippen molar-refractivity contribution in [1.82, 2.24) is 4.98 Å². The van der Waals surface area contributed by atoms with Gasteiger partial charge in [0.1, 0.15) is 6.10 Å². The summed E-state index contributed by atoms with van der Waals surface area (Å²) in [5.74, 6) is 0. The predicted molar refractivity (Wildman–Crippen MR) is 71.3 cm³/mol. The van der Waals surface area contributed by atoms with Gasteiger partial charge in [0.15, 0.2) is 0 Å². The topological polar surface area (TPSA) is 102 Å². The quantitative estimate of drug-likeness (QED) is 0.488. The van der Waals surface area contributed by atoms with Crippen LogP contribution in [-0.4, -0.2) is 27.8 Å². The minimum Gasteiger partial charge on any atom is -0.390 e. The Morgan fingerprint density at radius 3 is 2.89 bits per heavy atom. The molecule has 1 aromatic carbocycles. The number of azide groups is 1. The van der Waals surface area contributed by atoms with E-state index < -0.39 is 12.2 Å². The van der Waals surface area contributed by atoms with Crippen LogP contribution in [0.1, 0.15) is 18.1 Å². The van der Waals surface area contributed by atoms with Crippen LogP contribution in [0.4, 0.5) is 0 Å².